The van der Waals surface area contributed by atoms with E-state index < -0.39 is 0 Å². The Kier molecular flexibility index (Phi) is 4.78. The van der Waals surface area contributed by atoms with Crippen LogP contribution in [0.3, 0.4) is 0 Å². The number of benzene rings is 3. The first-order chi connectivity index (χ1) is 11.8. The molecule has 0 unspecified atom stereocenters. The second kappa shape index (κ2) is 7.34. The van der Waals surface area contributed by atoms with E-state index in [9.17, 15) is 5.26 Å². The number of hydrogen-bond donors (Lipinski definition) is 0. The third-order valence-electron chi connectivity index (χ3n) is 3.63. The molecule has 24 heavy (non-hydrogen) atoms. The predicted molar refractivity (Wildman–Crippen MR) is 93.2 cm³/mol. The van der Waals surface area contributed by atoms with Gasteiger partial charge in [0.2, 0.25) is 0 Å². The van der Waals surface area contributed by atoms with E-state index in [1.807, 2.05) is 73.7 Å². The molecule has 0 aliphatic rings. The maximum Gasteiger partial charge on any atom is 0.145 e. The van der Waals surface area contributed by atoms with E-state index in [-0.39, 0.29) is 0 Å². The van der Waals surface area contributed by atoms with Crippen molar-refractivity contribution in [3.8, 4) is 23.3 Å². The Hall–Kier alpha value is -3.25. The highest BCUT2D eigenvalue weighted by atomic mass is 16.5. The van der Waals surface area contributed by atoms with Crippen molar-refractivity contribution in [1.29, 1.82) is 5.26 Å². The van der Waals surface area contributed by atoms with Crippen LogP contribution in [-0.2, 0) is 6.61 Å². The Bertz CT molecular complexity index is 867. The summed E-state index contributed by atoms with van der Waals surface area (Å²) in [6, 6.07) is 25.2. The number of nitriles is 1. The SMILES string of the molecule is Cc1cccc(Oc2cccc(OCc3ccccc3)c2)c1C#N. The van der Waals surface area contributed by atoms with E-state index in [0.29, 0.717) is 23.7 Å². The zero-order valence-electron chi connectivity index (χ0n) is 13.4. The van der Waals surface area contributed by atoms with Crippen molar-refractivity contribution in [1.82, 2.24) is 0 Å². The molecule has 0 amide bonds. The van der Waals surface area contributed by atoms with Crippen molar-refractivity contribution in [3.05, 3.63) is 89.5 Å². The average molecular weight is 315 g/mol. The van der Waals surface area contributed by atoms with E-state index >= 15 is 0 Å². The van der Waals surface area contributed by atoms with Crippen LogP contribution in [0.5, 0.6) is 17.2 Å². The lowest BCUT2D eigenvalue weighted by Crippen LogP contribution is -1.95. The minimum absolute atomic E-state index is 0.498. The maximum absolute atomic E-state index is 9.29. The van der Waals surface area contributed by atoms with Crippen LogP contribution in [0.1, 0.15) is 16.7 Å². The molecule has 0 aliphatic heterocycles. The first-order valence-electron chi connectivity index (χ1n) is 7.70. The van der Waals surface area contributed by atoms with Gasteiger partial charge in [0.15, 0.2) is 0 Å². The molecule has 0 saturated carbocycles. The summed E-state index contributed by atoms with van der Waals surface area (Å²) in [5.41, 5.74) is 2.55. The molecule has 3 heteroatoms. The number of aryl methyl sites for hydroxylation is 1. The van der Waals surface area contributed by atoms with Crippen molar-refractivity contribution in [2.45, 2.75) is 13.5 Å². The van der Waals surface area contributed by atoms with Crippen molar-refractivity contribution in [2.24, 2.45) is 0 Å². The molecule has 0 heterocycles. The van der Waals surface area contributed by atoms with E-state index in [1.54, 1.807) is 6.07 Å². The summed E-state index contributed by atoms with van der Waals surface area (Å²) in [6.07, 6.45) is 0. The smallest absolute Gasteiger partial charge is 0.145 e. The van der Waals surface area contributed by atoms with Gasteiger partial charge in [-0.05, 0) is 36.2 Å². The first-order valence-corrected chi connectivity index (χ1v) is 7.70. The summed E-state index contributed by atoms with van der Waals surface area (Å²) in [5, 5.41) is 9.29. The summed E-state index contributed by atoms with van der Waals surface area (Å²) in [7, 11) is 0. The van der Waals surface area contributed by atoms with Crippen molar-refractivity contribution >= 4 is 0 Å². The van der Waals surface area contributed by atoms with Crippen molar-refractivity contribution in [2.75, 3.05) is 0 Å². The van der Waals surface area contributed by atoms with Gasteiger partial charge in [0.25, 0.3) is 0 Å². The lowest BCUT2D eigenvalue weighted by molar-refractivity contribution is 0.304. The molecule has 0 aromatic heterocycles. The number of hydrogen-bond acceptors (Lipinski definition) is 3. The zero-order chi connectivity index (χ0) is 16.8. The molecule has 0 atom stereocenters. The second-order valence-corrected chi connectivity index (χ2v) is 5.41. The summed E-state index contributed by atoms with van der Waals surface area (Å²) < 4.78 is 11.7. The van der Waals surface area contributed by atoms with Gasteiger partial charge in [-0.15, -0.1) is 0 Å². The van der Waals surface area contributed by atoms with Gasteiger partial charge < -0.3 is 9.47 Å². The molecule has 118 valence electrons. The van der Waals surface area contributed by atoms with E-state index in [2.05, 4.69) is 6.07 Å². The highest BCUT2D eigenvalue weighted by Crippen LogP contribution is 2.29. The molecular formula is C21H17NO2. The minimum atomic E-state index is 0.498. The van der Waals surface area contributed by atoms with Crippen LogP contribution >= 0.6 is 0 Å². The topological polar surface area (TPSA) is 42.2 Å². The fourth-order valence-electron chi connectivity index (χ4n) is 2.36. The summed E-state index contributed by atoms with van der Waals surface area (Å²) >= 11 is 0. The Balaban J connectivity index is 1.74. The fourth-order valence-corrected chi connectivity index (χ4v) is 2.36. The number of rotatable bonds is 5. The lowest BCUT2D eigenvalue weighted by Gasteiger charge is -2.11. The van der Waals surface area contributed by atoms with E-state index in [0.717, 1.165) is 16.9 Å². The van der Waals surface area contributed by atoms with Crippen LogP contribution in [-0.4, -0.2) is 0 Å². The molecule has 0 fully saturated rings. The molecule has 3 aromatic rings. The summed E-state index contributed by atoms with van der Waals surface area (Å²) in [6.45, 7) is 2.39. The Labute approximate surface area is 141 Å². The van der Waals surface area contributed by atoms with E-state index in [1.165, 1.54) is 0 Å². The third kappa shape index (κ3) is 3.74. The van der Waals surface area contributed by atoms with Crippen LogP contribution in [0.15, 0.2) is 72.8 Å². The second-order valence-electron chi connectivity index (χ2n) is 5.41. The van der Waals surface area contributed by atoms with Crippen molar-refractivity contribution < 1.29 is 9.47 Å². The molecule has 0 N–H and O–H groups in total. The molecule has 0 saturated heterocycles. The van der Waals surface area contributed by atoms with Crippen LogP contribution < -0.4 is 9.47 Å². The Morgan fingerprint density at radius 2 is 1.62 bits per heavy atom. The van der Waals surface area contributed by atoms with Gasteiger partial charge in [-0.3, -0.25) is 0 Å². The summed E-state index contributed by atoms with van der Waals surface area (Å²) in [5.74, 6) is 1.92. The molecule has 0 radical (unpaired) electrons. The fraction of sp³-hybridized carbons (Fsp3) is 0.0952. The molecule has 0 bridgehead atoms. The van der Waals surface area contributed by atoms with Gasteiger partial charge in [-0.2, -0.15) is 5.26 Å². The highest BCUT2D eigenvalue weighted by molar-refractivity contribution is 5.50. The maximum atomic E-state index is 9.29. The monoisotopic (exact) mass is 315 g/mol. The quantitative estimate of drug-likeness (QED) is 0.646. The van der Waals surface area contributed by atoms with Gasteiger partial charge >= 0.3 is 0 Å². The van der Waals surface area contributed by atoms with Gasteiger partial charge in [0.1, 0.15) is 29.9 Å². The van der Waals surface area contributed by atoms with Crippen LogP contribution in [0.25, 0.3) is 0 Å². The average Bonchev–Trinajstić information content (AvgIpc) is 2.61. The van der Waals surface area contributed by atoms with Gasteiger partial charge in [0.05, 0.1) is 5.56 Å². The van der Waals surface area contributed by atoms with E-state index in [4.69, 9.17) is 9.47 Å². The lowest BCUT2D eigenvalue weighted by atomic mass is 10.1. The van der Waals surface area contributed by atoms with Crippen LogP contribution in [0.4, 0.5) is 0 Å². The Morgan fingerprint density at radius 3 is 2.42 bits per heavy atom. The van der Waals surface area contributed by atoms with Crippen molar-refractivity contribution in [3.63, 3.8) is 0 Å². The van der Waals surface area contributed by atoms with Gasteiger partial charge in [0, 0.05) is 6.07 Å². The predicted octanol–water partition coefficient (Wildman–Crippen LogP) is 5.24. The van der Waals surface area contributed by atoms with Crippen LogP contribution in [0.2, 0.25) is 0 Å². The molecule has 0 spiro atoms. The molecular weight excluding hydrogens is 298 g/mol. The number of nitrogens with zero attached hydrogens (tertiary/aromatic N) is 1. The zero-order valence-corrected chi connectivity index (χ0v) is 13.4. The molecule has 3 nitrogen and oxygen atoms in total. The van der Waals surface area contributed by atoms with Gasteiger partial charge in [-0.1, -0.05) is 48.5 Å². The third-order valence-corrected chi connectivity index (χ3v) is 3.63. The standard InChI is InChI=1S/C21H17NO2/c1-16-7-5-12-21(20(16)14-22)24-19-11-6-10-18(13-19)23-15-17-8-3-2-4-9-17/h2-13H,15H2,1H3. The largest absolute Gasteiger partial charge is 0.489 e. The molecule has 3 rings (SSSR count). The normalized spacial score (nSPS) is 10.0. The number of ether oxygens (including phenoxy) is 2. The minimum Gasteiger partial charge on any atom is -0.489 e. The van der Waals surface area contributed by atoms with Crippen LogP contribution in [0, 0.1) is 18.3 Å². The molecule has 0 aliphatic carbocycles. The highest BCUT2D eigenvalue weighted by Gasteiger charge is 2.08. The van der Waals surface area contributed by atoms with Gasteiger partial charge in [-0.25, -0.2) is 0 Å². The summed E-state index contributed by atoms with van der Waals surface area (Å²) in [4.78, 5) is 0. The molecule has 3 aromatic carbocycles. The Morgan fingerprint density at radius 1 is 0.875 bits per heavy atom. The first kappa shape index (κ1) is 15.6.